The molecule has 1 aromatic carbocycles. The van der Waals surface area contributed by atoms with E-state index in [4.69, 9.17) is 23.2 Å². The van der Waals surface area contributed by atoms with E-state index in [1.54, 1.807) is 0 Å². The van der Waals surface area contributed by atoms with Crippen LogP contribution in [0.5, 0.6) is 0 Å². The van der Waals surface area contributed by atoms with Gasteiger partial charge in [-0.1, -0.05) is 11.6 Å². The summed E-state index contributed by atoms with van der Waals surface area (Å²) in [5.41, 5.74) is 0.257. The molecular weight excluding hydrogens is 202 g/mol. The second-order valence-corrected chi connectivity index (χ2v) is 2.86. The zero-order valence-electron chi connectivity index (χ0n) is 5.98. The quantitative estimate of drug-likeness (QED) is 0.538. The van der Waals surface area contributed by atoms with Crippen LogP contribution in [0.25, 0.3) is 0 Å². The van der Waals surface area contributed by atoms with Crippen LogP contribution >= 0.6 is 23.2 Å². The summed E-state index contributed by atoms with van der Waals surface area (Å²) >= 11 is 10.9. The van der Waals surface area contributed by atoms with Gasteiger partial charge in [0.05, 0.1) is 10.9 Å². The van der Waals surface area contributed by atoms with Gasteiger partial charge in [0.2, 0.25) is 0 Å². The number of Topliss-reactive ketones (excluding diaryl/α,β-unsaturated/α-hetero) is 1. The van der Waals surface area contributed by atoms with Crippen molar-refractivity contribution in [1.82, 2.24) is 0 Å². The number of rotatable bonds is 2. The Bertz CT molecular complexity index is 312. The maximum atomic E-state index is 12.5. The Morgan fingerprint density at radius 1 is 1.50 bits per heavy atom. The van der Waals surface area contributed by atoms with Crippen LogP contribution in [0.3, 0.4) is 0 Å². The zero-order chi connectivity index (χ0) is 9.14. The van der Waals surface area contributed by atoms with Gasteiger partial charge >= 0.3 is 0 Å². The summed E-state index contributed by atoms with van der Waals surface area (Å²) in [6.45, 7) is 0. The highest BCUT2D eigenvalue weighted by atomic mass is 35.5. The van der Waals surface area contributed by atoms with Crippen LogP contribution in [0.15, 0.2) is 18.2 Å². The van der Waals surface area contributed by atoms with Crippen LogP contribution in [-0.2, 0) is 0 Å². The molecule has 0 fully saturated rings. The zero-order valence-corrected chi connectivity index (χ0v) is 7.49. The largest absolute Gasteiger partial charge is 0.293 e. The summed E-state index contributed by atoms with van der Waals surface area (Å²) in [6.07, 6.45) is 0. The fourth-order valence-corrected chi connectivity index (χ4v) is 1.20. The van der Waals surface area contributed by atoms with Crippen molar-refractivity contribution in [3.63, 3.8) is 0 Å². The van der Waals surface area contributed by atoms with E-state index in [9.17, 15) is 9.18 Å². The molecule has 0 aliphatic rings. The molecule has 0 saturated carbocycles. The lowest BCUT2D eigenvalue weighted by molar-refractivity contribution is 0.102. The highest BCUT2D eigenvalue weighted by Gasteiger charge is 2.08. The van der Waals surface area contributed by atoms with Crippen molar-refractivity contribution in [2.75, 3.05) is 5.88 Å². The van der Waals surface area contributed by atoms with Crippen molar-refractivity contribution >= 4 is 29.0 Å². The number of carbonyl (C=O) groups excluding carboxylic acids is 1. The van der Waals surface area contributed by atoms with Crippen molar-refractivity contribution in [3.05, 3.63) is 34.6 Å². The normalized spacial score (nSPS) is 9.92. The maximum absolute atomic E-state index is 12.5. The number of halogens is 3. The summed E-state index contributed by atoms with van der Waals surface area (Å²) in [4.78, 5) is 11.0. The second-order valence-electron chi connectivity index (χ2n) is 2.18. The number of benzene rings is 1. The molecule has 0 aliphatic heterocycles. The van der Waals surface area contributed by atoms with E-state index in [1.807, 2.05) is 0 Å². The molecule has 0 aliphatic carbocycles. The SMILES string of the molecule is O=C(CCl)c1ccc(F)cc1Cl. The average molecular weight is 207 g/mol. The van der Waals surface area contributed by atoms with E-state index >= 15 is 0 Å². The van der Waals surface area contributed by atoms with Gasteiger partial charge in [0.25, 0.3) is 0 Å². The van der Waals surface area contributed by atoms with Gasteiger partial charge in [0, 0.05) is 5.56 Å². The molecule has 0 amide bonds. The van der Waals surface area contributed by atoms with Crippen molar-refractivity contribution in [1.29, 1.82) is 0 Å². The third-order valence-electron chi connectivity index (χ3n) is 1.35. The van der Waals surface area contributed by atoms with Crippen molar-refractivity contribution < 1.29 is 9.18 Å². The number of hydrogen-bond acceptors (Lipinski definition) is 1. The molecule has 1 rings (SSSR count). The topological polar surface area (TPSA) is 17.1 Å². The van der Waals surface area contributed by atoms with Gasteiger partial charge < -0.3 is 0 Å². The first-order chi connectivity index (χ1) is 5.65. The Kier molecular flexibility index (Phi) is 3.06. The van der Waals surface area contributed by atoms with E-state index in [1.165, 1.54) is 12.1 Å². The van der Waals surface area contributed by atoms with Crippen molar-refractivity contribution in [2.24, 2.45) is 0 Å². The van der Waals surface area contributed by atoms with Gasteiger partial charge in [-0.3, -0.25) is 4.79 Å². The lowest BCUT2D eigenvalue weighted by Gasteiger charge is -1.99. The second kappa shape index (κ2) is 3.87. The third kappa shape index (κ3) is 1.96. The van der Waals surface area contributed by atoms with Gasteiger partial charge in [-0.15, -0.1) is 11.6 Å². The van der Waals surface area contributed by atoms with Crippen LogP contribution in [-0.4, -0.2) is 11.7 Å². The molecule has 1 nitrogen and oxygen atoms in total. The molecule has 0 heterocycles. The molecule has 4 heteroatoms. The van der Waals surface area contributed by atoms with Crippen LogP contribution in [0, 0.1) is 5.82 Å². The molecule has 0 atom stereocenters. The Balaban J connectivity index is 3.09. The molecule has 0 saturated heterocycles. The van der Waals surface area contributed by atoms with E-state index in [2.05, 4.69) is 0 Å². The fraction of sp³-hybridized carbons (Fsp3) is 0.125. The smallest absolute Gasteiger partial charge is 0.179 e. The van der Waals surface area contributed by atoms with Crippen LogP contribution < -0.4 is 0 Å². The minimum Gasteiger partial charge on any atom is -0.293 e. The van der Waals surface area contributed by atoms with Gasteiger partial charge in [0.15, 0.2) is 5.78 Å². The number of ketones is 1. The minimum absolute atomic E-state index is 0.0978. The Labute approximate surface area is 79.1 Å². The third-order valence-corrected chi connectivity index (χ3v) is 1.91. The molecule has 0 aromatic heterocycles. The van der Waals surface area contributed by atoms with E-state index in [0.717, 1.165) is 6.07 Å². The van der Waals surface area contributed by atoms with Crippen molar-refractivity contribution in [3.8, 4) is 0 Å². The Morgan fingerprint density at radius 3 is 2.67 bits per heavy atom. The summed E-state index contributed by atoms with van der Waals surface area (Å²) in [6, 6.07) is 3.58. The lowest BCUT2D eigenvalue weighted by Crippen LogP contribution is -2.01. The molecular formula is C8H5Cl2FO. The fourth-order valence-electron chi connectivity index (χ4n) is 0.788. The Hall–Kier alpha value is -0.600. The monoisotopic (exact) mass is 206 g/mol. The highest BCUT2D eigenvalue weighted by molar-refractivity contribution is 6.37. The molecule has 1 aromatic rings. The molecule has 0 N–H and O–H groups in total. The number of hydrogen-bond donors (Lipinski definition) is 0. The van der Waals surface area contributed by atoms with Gasteiger partial charge in [-0.2, -0.15) is 0 Å². The first-order valence-corrected chi connectivity index (χ1v) is 4.10. The summed E-state index contributed by atoms with van der Waals surface area (Å²) in [5.74, 6) is -0.918. The van der Waals surface area contributed by atoms with Crippen LogP contribution in [0.1, 0.15) is 10.4 Å². The molecule has 0 unspecified atom stereocenters. The highest BCUT2D eigenvalue weighted by Crippen LogP contribution is 2.17. The number of carbonyl (C=O) groups is 1. The summed E-state index contributed by atoms with van der Waals surface area (Å²) < 4.78 is 12.5. The predicted octanol–water partition coefficient (Wildman–Crippen LogP) is 2.90. The first-order valence-electron chi connectivity index (χ1n) is 3.19. The van der Waals surface area contributed by atoms with Crippen LogP contribution in [0.2, 0.25) is 5.02 Å². The van der Waals surface area contributed by atoms with Crippen molar-refractivity contribution in [2.45, 2.75) is 0 Å². The standard InChI is InChI=1S/C8H5Cl2FO/c9-4-8(12)6-2-1-5(11)3-7(6)10/h1-3H,4H2. The van der Waals surface area contributed by atoms with Gasteiger partial charge in [-0.25, -0.2) is 4.39 Å². The van der Waals surface area contributed by atoms with E-state index in [-0.39, 0.29) is 22.2 Å². The summed E-state index contributed by atoms with van der Waals surface area (Å²) in [7, 11) is 0. The molecule has 64 valence electrons. The van der Waals surface area contributed by atoms with Gasteiger partial charge in [-0.05, 0) is 18.2 Å². The van der Waals surface area contributed by atoms with Gasteiger partial charge in [0.1, 0.15) is 5.82 Å². The molecule has 0 spiro atoms. The molecule has 0 bridgehead atoms. The maximum Gasteiger partial charge on any atom is 0.179 e. The summed E-state index contributed by atoms with van der Waals surface area (Å²) in [5, 5.41) is 0.0978. The van der Waals surface area contributed by atoms with E-state index < -0.39 is 5.82 Å². The van der Waals surface area contributed by atoms with E-state index in [0.29, 0.717) is 0 Å². The first kappa shape index (κ1) is 9.49. The minimum atomic E-state index is -0.467. The Morgan fingerprint density at radius 2 is 2.17 bits per heavy atom. The predicted molar refractivity (Wildman–Crippen MR) is 46.5 cm³/mol. The lowest BCUT2D eigenvalue weighted by atomic mass is 10.1. The number of alkyl halides is 1. The molecule has 12 heavy (non-hydrogen) atoms. The van der Waals surface area contributed by atoms with Crippen LogP contribution in [0.4, 0.5) is 4.39 Å². The average Bonchev–Trinajstić information content (AvgIpc) is 2.03. The molecule has 0 radical (unpaired) electrons.